The summed E-state index contributed by atoms with van der Waals surface area (Å²) in [6.45, 7) is 0.835. The first kappa shape index (κ1) is 14.2. The molecule has 1 aliphatic rings. The molecule has 0 aliphatic carbocycles. The molecule has 1 amide bonds. The Morgan fingerprint density at radius 3 is 2.86 bits per heavy atom. The van der Waals surface area contributed by atoms with E-state index in [1.165, 1.54) is 23.0 Å². The zero-order chi connectivity index (χ0) is 15.7. The molecular weight excluding hydrogens is 291 g/mol. The molecule has 8 heteroatoms. The van der Waals surface area contributed by atoms with Crippen LogP contribution in [-0.2, 0) is 24.3 Å². The fraction of sp³-hybridized carbons (Fsp3) is 0.286. The van der Waals surface area contributed by atoms with E-state index in [1.54, 1.807) is 11.0 Å². The minimum absolute atomic E-state index is 0.0726. The Morgan fingerprint density at radius 1 is 1.32 bits per heavy atom. The molecule has 1 aromatic heterocycles. The molecule has 0 saturated heterocycles. The average molecular weight is 304 g/mol. The van der Waals surface area contributed by atoms with Crippen molar-refractivity contribution >= 4 is 11.9 Å². The van der Waals surface area contributed by atoms with Gasteiger partial charge in [-0.1, -0.05) is 11.3 Å². The normalized spacial score (nSPS) is 13.8. The van der Waals surface area contributed by atoms with E-state index in [-0.39, 0.29) is 24.0 Å². The Kier molecular flexibility index (Phi) is 3.58. The number of hydrogen-bond acceptors (Lipinski definition) is 4. The number of aromatic carboxylic acids is 1. The lowest BCUT2D eigenvalue weighted by Crippen LogP contribution is -2.38. The van der Waals surface area contributed by atoms with Crippen molar-refractivity contribution in [3.63, 3.8) is 0 Å². The van der Waals surface area contributed by atoms with Crippen LogP contribution in [0.25, 0.3) is 0 Å². The number of carboxylic acids is 1. The maximum atomic E-state index is 13.2. The Morgan fingerprint density at radius 2 is 2.14 bits per heavy atom. The van der Waals surface area contributed by atoms with E-state index in [1.807, 2.05) is 0 Å². The quantitative estimate of drug-likeness (QED) is 0.901. The van der Waals surface area contributed by atoms with Gasteiger partial charge >= 0.3 is 5.97 Å². The SMILES string of the molecule is O=C(O)c1cn(CC(=O)N2CCc3cc(F)ccc3C2)nn1. The van der Waals surface area contributed by atoms with Crippen LogP contribution in [0.2, 0.25) is 0 Å². The van der Waals surface area contributed by atoms with Gasteiger partial charge in [0.1, 0.15) is 12.4 Å². The fourth-order valence-electron chi connectivity index (χ4n) is 2.45. The molecule has 22 heavy (non-hydrogen) atoms. The summed E-state index contributed by atoms with van der Waals surface area (Å²) < 4.78 is 14.4. The zero-order valence-corrected chi connectivity index (χ0v) is 11.6. The van der Waals surface area contributed by atoms with Crippen LogP contribution in [-0.4, -0.2) is 43.4 Å². The van der Waals surface area contributed by atoms with Crippen LogP contribution in [0.1, 0.15) is 21.6 Å². The number of carbonyl (C=O) groups is 2. The predicted molar refractivity (Wildman–Crippen MR) is 72.5 cm³/mol. The molecular formula is C14H13FN4O3. The lowest BCUT2D eigenvalue weighted by atomic mass is 9.99. The highest BCUT2D eigenvalue weighted by atomic mass is 19.1. The number of fused-ring (bicyclic) bond motifs is 1. The molecule has 7 nitrogen and oxygen atoms in total. The molecule has 1 aromatic carbocycles. The van der Waals surface area contributed by atoms with Gasteiger partial charge in [0.05, 0.1) is 6.20 Å². The molecule has 114 valence electrons. The van der Waals surface area contributed by atoms with E-state index in [4.69, 9.17) is 5.11 Å². The minimum atomic E-state index is -1.19. The molecule has 2 aromatic rings. The van der Waals surface area contributed by atoms with Gasteiger partial charge in [-0.25, -0.2) is 13.9 Å². The number of benzene rings is 1. The number of carbonyl (C=O) groups excluding carboxylic acids is 1. The number of aromatic nitrogens is 3. The fourth-order valence-corrected chi connectivity index (χ4v) is 2.45. The van der Waals surface area contributed by atoms with Gasteiger partial charge in [0.15, 0.2) is 5.69 Å². The molecule has 2 heterocycles. The third-order valence-corrected chi connectivity index (χ3v) is 3.59. The number of hydrogen-bond donors (Lipinski definition) is 1. The second-order valence-corrected chi connectivity index (χ2v) is 5.08. The van der Waals surface area contributed by atoms with E-state index in [2.05, 4.69) is 10.3 Å². The van der Waals surface area contributed by atoms with Crippen LogP contribution in [0.5, 0.6) is 0 Å². The van der Waals surface area contributed by atoms with Crippen LogP contribution in [0.3, 0.4) is 0 Å². The smallest absolute Gasteiger partial charge is 0.358 e. The van der Waals surface area contributed by atoms with Gasteiger partial charge in [-0.2, -0.15) is 0 Å². The largest absolute Gasteiger partial charge is 0.476 e. The number of amides is 1. The second kappa shape index (κ2) is 5.55. The Bertz CT molecular complexity index is 743. The topological polar surface area (TPSA) is 88.3 Å². The van der Waals surface area contributed by atoms with Gasteiger partial charge in [0, 0.05) is 13.1 Å². The first-order valence-corrected chi connectivity index (χ1v) is 6.71. The molecule has 3 rings (SSSR count). The summed E-state index contributed by atoms with van der Waals surface area (Å²) >= 11 is 0. The monoisotopic (exact) mass is 304 g/mol. The molecule has 0 bridgehead atoms. The molecule has 1 aliphatic heterocycles. The van der Waals surface area contributed by atoms with Crippen LogP contribution < -0.4 is 0 Å². The predicted octanol–water partition coefficient (Wildman–Crippen LogP) is 0.700. The summed E-state index contributed by atoms with van der Waals surface area (Å²) in [6, 6.07) is 4.55. The maximum Gasteiger partial charge on any atom is 0.358 e. The van der Waals surface area contributed by atoms with Crippen molar-refractivity contribution in [2.45, 2.75) is 19.5 Å². The summed E-state index contributed by atoms with van der Waals surface area (Å²) in [5.74, 6) is -1.65. The van der Waals surface area contributed by atoms with E-state index < -0.39 is 5.97 Å². The minimum Gasteiger partial charge on any atom is -0.476 e. The van der Waals surface area contributed by atoms with Crippen molar-refractivity contribution in [1.29, 1.82) is 0 Å². The van der Waals surface area contributed by atoms with Crippen LogP contribution >= 0.6 is 0 Å². The molecule has 0 radical (unpaired) electrons. The van der Waals surface area contributed by atoms with E-state index in [0.717, 1.165) is 11.1 Å². The van der Waals surface area contributed by atoms with E-state index >= 15 is 0 Å². The standard InChI is InChI=1S/C14H13FN4O3/c15-11-2-1-10-6-18(4-3-9(10)5-11)13(20)8-19-7-12(14(21)22)16-17-19/h1-2,5,7H,3-4,6,8H2,(H,21,22). The first-order chi connectivity index (χ1) is 10.5. The van der Waals surface area contributed by atoms with Crippen molar-refractivity contribution in [1.82, 2.24) is 19.9 Å². The van der Waals surface area contributed by atoms with Gasteiger partial charge in [-0.3, -0.25) is 4.79 Å². The van der Waals surface area contributed by atoms with Crippen LogP contribution in [0.4, 0.5) is 4.39 Å². The average Bonchev–Trinajstić information content (AvgIpc) is 2.95. The van der Waals surface area contributed by atoms with Crippen molar-refractivity contribution < 1.29 is 19.1 Å². The molecule has 0 saturated carbocycles. The zero-order valence-electron chi connectivity index (χ0n) is 11.6. The van der Waals surface area contributed by atoms with Crippen molar-refractivity contribution in [3.05, 3.63) is 47.0 Å². The Hall–Kier alpha value is -2.77. The Labute approximate surface area is 125 Å². The number of rotatable bonds is 3. The van der Waals surface area contributed by atoms with E-state index in [0.29, 0.717) is 19.5 Å². The highest BCUT2D eigenvalue weighted by Crippen LogP contribution is 2.20. The summed E-state index contributed by atoms with van der Waals surface area (Å²) in [4.78, 5) is 24.6. The van der Waals surface area contributed by atoms with Crippen LogP contribution in [0.15, 0.2) is 24.4 Å². The molecule has 0 atom stereocenters. The second-order valence-electron chi connectivity index (χ2n) is 5.08. The summed E-state index contributed by atoms with van der Waals surface area (Å²) in [7, 11) is 0. The summed E-state index contributed by atoms with van der Waals surface area (Å²) in [5, 5.41) is 15.8. The van der Waals surface area contributed by atoms with Gasteiger partial charge in [0.25, 0.3) is 0 Å². The summed E-state index contributed by atoms with van der Waals surface area (Å²) in [5.41, 5.74) is 1.64. The van der Waals surface area contributed by atoms with Gasteiger partial charge in [-0.05, 0) is 29.7 Å². The van der Waals surface area contributed by atoms with E-state index in [9.17, 15) is 14.0 Å². The maximum absolute atomic E-state index is 13.2. The molecule has 1 N–H and O–H groups in total. The van der Waals surface area contributed by atoms with Crippen LogP contribution in [0, 0.1) is 5.82 Å². The third-order valence-electron chi connectivity index (χ3n) is 3.59. The number of nitrogens with zero attached hydrogens (tertiary/aromatic N) is 4. The van der Waals surface area contributed by atoms with Crippen molar-refractivity contribution in [2.75, 3.05) is 6.54 Å². The van der Waals surface area contributed by atoms with Gasteiger partial charge in [-0.15, -0.1) is 5.10 Å². The van der Waals surface area contributed by atoms with Crippen molar-refractivity contribution in [3.8, 4) is 0 Å². The molecule has 0 fully saturated rings. The molecule has 0 spiro atoms. The number of carboxylic acid groups (broad SMARTS) is 1. The number of halogens is 1. The highest BCUT2D eigenvalue weighted by molar-refractivity contribution is 5.84. The lowest BCUT2D eigenvalue weighted by molar-refractivity contribution is -0.133. The highest BCUT2D eigenvalue weighted by Gasteiger charge is 2.22. The Balaban J connectivity index is 1.68. The van der Waals surface area contributed by atoms with Gasteiger partial charge in [0.2, 0.25) is 5.91 Å². The van der Waals surface area contributed by atoms with Gasteiger partial charge < -0.3 is 10.0 Å². The lowest BCUT2D eigenvalue weighted by Gasteiger charge is -2.28. The first-order valence-electron chi connectivity index (χ1n) is 6.71. The summed E-state index contributed by atoms with van der Waals surface area (Å²) in [6.07, 6.45) is 1.81. The molecule has 0 unspecified atom stereocenters. The third kappa shape index (κ3) is 2.80. The van der Waals surface area contributed by atoms with Crippen molar-refractivity contribution in [2.24, 2.45) is 0 Å².